The lowest BCUT2D eigenvalue weighted by atomic mass is 10.2. The number of amides is 2. The number of anilines is 1. The largest absolute Gasteiger partial charge is 0.352 e. The first-order valence-electron chi connectivity index (χ1n) is 7.58. The van der Waals surface area contributed by atoms with Crippen LogP contribution in [-0.4, -0.2) is 36.9 Å². The van der Waals surface area contributed by atoms with Gasteiger partial charge in [-0.1, -0.05) is 17.7 Å². The van der Waals surface area contributed by atoms with Gasteiger partial charge in [-0.2, -0.15) is 0 Å². The van der Waals surface area contributed by atoms with Crippen molar-refractivity contribution in [3.8, 4) is 0 Å². The SMILES string of the molecule is CCNC(=O)c1cccc(NC(=O)CN(C)Cc2ccc(Cl)s2)c1. The highest BCUT2D eigenvalue weighted by atomic mass is 35.5. The van der Waals surface area contributed by atoms with Crippen LogP contribution in [-0.2, 0) is 11.3 Å². The maximum absolute atomic E-state index is 12.1. The van der Waals surface area contributed by atoms with E-state index in [0.29, 0.717) is 24.3 Å². The lowest BCUT2D eigenvalue weighted by Crippen LogP contribution is -2.29. The zero-order valence-electron chi connectivity index (χ0n) is 13.6. The van der Waals surface area contributed by atoms with E-state index in [9.17, 15) is 9.59 Å². The molecule has 0 saturated heterocycles. The topological polar surface area (TPSA) is 61.4 Å². The molecule has 2 aromatic rings. The zero-order valence-corrected chi connectivity index (χ0v) is 15.2. The predicted molar refractivity (Wildman–Crippen MR) is 98.7 cm³/mol. The second-order valence-corrected chi connectivity index (χ2v) is 7.17. The maximum Gasteiger partial charge on any atom is 0.251 e. The smallest absolute Gasteiger partial charge is 0.251 e. The van der Waals surface area contributed by atoms with Crippen LogP contribution in [0.2, 0.25) is 4.34 Å². The van der Waals surface area contributed by atoms with E-state index in [-0.39, 0.29) is 18.4 Å². The molecule has 0 spiro atoms. The summed E-state index contributed by atoms with van der Waals surface area (Å²) in [5.74, 6) is -0.284. The second-order valence-electron chi connectivity index (χ2n) is 5.37. The van der Waals surface area contributed by atoms with E-state index in [0.717, 1.165) is 9.21 Å². The Morgan fingerprint density at radius 2 is 2.04 bits per heavy atom. The van der Waals surface area contributed by atoms with Gasteiger partial charge < -0.3 is 10.6 Å². The van der Waals surface area contributed by atoms with Crippen molar-refractivity contribution in [3.63, 3.8) is 0 Å². The lowest BCUT2D eigenvalue weighted by Gasteiger charge is -2.15. The summed E-state index contributed by atoms with van der Waals surface area (Å²) < 4.78 is 0.741. The van der Waals surface area contributed by atoms with E-state index >= 15 is 0 Å². The normalized spacial score (nSPS) is 10.7. The molecule has 2 amide bonds. The van der Waals surface area contributed by atoms with Gasteiger partial charge in [0.25, 0.3) is 5.91 Å². The Bertz CT molecular complexity index is 717. The second kappa shape index (κ2) is 8.82. The Morgan fingerprint density at radius 1 is 1.25 bits per heavy atom. The highest BCUT2D eigenvalue weighted by Crippen LogP contribution is 2.22. The summed E-state index contributed by atoms with van der Waals surface area (Å²) in [4.78, 5) is 27.0. The standard InChI is InChI=1S/C17H20ClN3O2S/c1-3-19-17(23)12-5-4-6-13(9-12)20-16(22)11-21(2)10-14-7-8-15(18)24-14/h4-9H,3,10-11H2,1-2H3,(H,19,23)(H,20,22). The Kier molecular flexibility index (Phi) is 6.78. The first-order chi connectivity index (χ1) is 11.5. The third kappa shape index (κ3) is 5.63. The molecular weight excluding hydrogens is 346 g/mol. The van der Waals surface area contributed by atoms with Crippen molar-refractivity contribution in [2.75, 3.05) is 25.5 Å². The molecule has 0 aliphatic heterocycles. The number of hydrogen-bond acceptors (Lipinski definition) is 4. The Labute approximate surface area is 150 Å². The van der Waals surface area contributed by atoms with Gasteiger partial charge in [0.05, 0.1) is 10.9 Å². The minimum atomic E-state index is -0.153. The molecule has 0 aliphatic carbocycles. The number of likely N-dealkylation sites (N-methyl/N-ethyl adjacent to an activating group) is 1. The molecule has 0 unspecified atom stereocenters. The molecule has 0 fully saturated rings. The first kappa shape index (κ1) is 18.4. The van der Waals surface area contributed by atoms with E-state index < -0.39 is 0 Å². The van der Waals surface area contributed by atoms with E-state index in [1.54, 1.807) is 24.3 Å². The van der Waals surface area contributed by atoms with Crippen molar-refractivity contribution in [3.05, 3.63) is 51.2 Å². The number of carbonyl (C=O) groups is 2. The van der Waals surface area contributed by atoms with E-state index in [2.05, 4.69) is 10.6 Å². The van der Waals surface area contributed by atoms with Crippen LogP contribution in [0.4, 0.5) is 5.69 Å². The van der Waals surface area contributed by atoms with Crippen molar-refractivity contribution in [1.29, 1.82) is 0 Å². The minimum Gasteiger partial charge on any atom is -0.352 e. The fourth-order valence-electron chi connectivity index (χ4n) is 2.21. The van der Waals surface area contributed by atoms with E-state index in [4.69, 9.17) is 11.6 Å². The summed E-state index contributed by atoms with van der Waals surface area (Å²) in [5.41, 5.74) is 1.13. The summed E-state index contributed by atoms with van der Waals surface area (Å²) in [5, 5.41) is 5.55. The van der Waals surface area contributed by atoms with Crippen LogP contribution in [0.15, 0.2) is 36.4 Å². The average Bonchev–Trinajstić information content (AvgIpc) is 2.92. The van der Waals surface area contributed by atoms with Crippen LogP contribution < -0.4 is 10.6 Å². The third-order valence-electron chi connectivity index (χ3n) is 3.21. The molecule has 0 saturated carbocycles. The van der Waals surface area contributed by atoms with Crippen LogP contribution in [0.1, 0.15) is 22.2 Å². The number of halogens is 1. The molecule has 0 bridgehead atoms. The molecule has 1 aromatic carbocycles. The molecule has 5 nitrogen and oxygen atoms in total. The zero-order chi connectivity index (χ0) is 17.5. The van der Waals surface area contributed by atoms with Gasteiger partial charge in [-0.3, -0.25) is 14.5 Å². The van der Waals surface area contributed by atoms with Gasteiger partial charge in [0.15, 0.2) is 0 Å². The first-order valence-corrected chi connectivity index (χ1v) is 8.78. The predicted octanol–water partition coefficient (Wildman–Crippen LogP) is 3.22. The number of rotatable bonds is 7. The molecule has 0 radical (unpaired) electrons. The number of hydrogen-bond donors (Lipinski definition) is 2. The van der Waals surface area contributed by atoms with Crippen LogP contribution in [0.5, 0.6) is 0 Å². The van der Waals surface area contributed by atoms with Crippen molar-refractivity contribution < 1.29 is 9.59 Å². The van der Waals surface area contributed by atoms with Crippen molar-refractivity contribution in [2.24, 2.45) is 0 Å². The molecule has 128 valence electrons. The van der Waals surface area contributed by atoms with Gasteiger partial charge in [0, 0.05) is 29.2 Å². The summed E-state index contributed by atoms with van der Waals surface area (Å²) >= 11 is 7.41. The number of nitrogens with zero attached hydrogens (tertiary/aromatic N) is 1. The molecule has 24 heavy (non-hydrogen) atoms. The summed E-state index contributed by atoms with van der Waals surface area (Å²) in [6, 6.07) is 10.7. The summed E-state index contributed by atoms with van der Waals surface area (Å²) in [6.45, 7) is 3.33. The fourth-order valence-corrected chi connectivity index (χ4v) is 3.37. The van der Waals surface area contributed by atoms with Crippen LogP contribution >= 0.6 is 22.9 Å². The van der Waals surface area contributed by atoms with Crippen molar-refractivity contribution >= 4 is 40.4 Å². The molecule has 0 atom stereocenters. The molecule has 1 aromatic heterocycles. The minimum absolute atomic E-state index is 0.131. The fraction of sp³-hybridized carbons (Fsp3) is 0.294. The highest BCUT2D eigenvalue weighted by molar-refractivity contribution is 7.16. The van der Waals surface area contributed by atoms with Gasteiger partial charge in [-0.05, 0) is 44.3 Å². The number of benzene rings is 1. The van der Waals surface area contributed by atoms with E-state index in [1.165, 1.54) is 11.3 Å². The Hall–Kier alpha value is -1.89. The number of carbonyl (C=O) groups excluding carboxylic acids is 2. The quantitative estimate of drug-likeness (QED) is 0.792. The van der Waals surface area contributed by atoms with Gasteiger partial charge >= 0.3 is 0 Å². The molecule has 7 heteroatoms. The van der Waals surface area contributed by atoms with Gasteiger partial charge in [0.1, 0.15) is 0 Å². The van der Waals surface area contributed by atoms with Crippen molar-refractivity contribution in [1.82, 2.24) is 10.2 Å². The average molecular weight is 366 g/mol. The molecular formula is C17H20ClN3O2S. The maximum atomic E-state index is 12.1. The lowest BCUT2D eigenvalue weighted by molar-refractivity contribution is -0.117. The van der Waals surface area contributed by atoms with E-state index in [1.807, 2.05) is 31.0 Å². The Balaban J connectivity index is 1.89. The number of nitrogens with one attached hydrogen (secondary N) is 2. The third-order valence-corrected chi connectivity index (χ3v) is 4.43. The van der Waals surface area contributed by atoms with Gasteiger partial charge in [-0.25, -0.2) is 0 Å². The van der Waals surface area contributed by atoms with Crippen LogP contribution in [0, 0.1) is 0 Å². The highest BCUT2D eigenvalue weighted by Gasteiger charge is 2.10. The molecule has 2 rings (SSSR count). The number of thiophene rings is 1. The summed E-state index contributed by atoms with van der Waals surface area (Å²) in [7, 11) is 1.87. The molecule has 2 N–H and O–H groups in total. The van der Waals surface area contributed by atoms with Gasteiger partial charge in [-0.15, -0.1) is 11.3 Å². The van der Waals surface area contributed by atoms with Crippen LogP contribution in [0.25, 0.3) is 0 Å². The van der Waals surface area contributed by atoms with Crippen LogP contribution in [0.3, 0.4) is 0 Å². The summed E-state index contributed by atoms with van der Waals surface area (Å²) in [6.07, 6.45) is 0. The monoisotopic (exact) mass is 365 g/mol. The molecule has 1 heterocycles. The van der Waals surface area contributed by atoms with Gasteiger partial charge in [0.2, 0.25) is 5.91 Å². The molecule has 0 aliphatic rings. The Morgan fingerprint density at radius 3 is 2.71 bits per heavy atom. The van der Waals surface area contributed by atoms with Crippen molar-refractivity contribution in [2.45, 2.75) is 13.5 Å².